The molecule has 22 heavy (non-hydrogen) atoms. The number of ether oxygens (including phenoxy) is 2. The minimum absolute atomic E-state index is 0.0368. The summed E-state index contributed by atoms with van der Waals surface area (Å²) in [6.07, 6.45) is -0.0164. The number of carbonyl (C=O) groups is 3. The molecule has 0 bridgehead atoms. The van der Waals surface area contributed by atoms with E-state index in [1.165, 1.54) is 0 Å². The van der Waals surface area contributed by atoms with Crippen LogP contribution in [0.1, 0.15) is 26.7 Å². The SMILES string of the molecule is CCOC(=O)C(CC)(CCOc1ccccc1)C(=O)C(=O)O. The van der Waals surface area contributed by atoms with Crippen LogP contribution in [0.5, 0.6) is 5.75 Å². The number of hydrogen-bond acceptors (Lipinski definition) is 5. The molecule has 1 unspecified atom stereocenters. The van der Waals surface area contributed by atoms with Crippen molar-refractivity contribution in [3.8, 4) is 5.75 Å². The van der Waals surface area contributed by atoms with Crippen LogP contribution < -0.4 is 4.74 Å². The maximum atomic E-state index is 12.1. The predicted molar refractivity (Wildman–Crippen MR) is 78.6 cm³/mol. The van der Waals surface area contributed by atoms with Crippen molar-refractivity contribution >= 4 is 17.7 Å². The number of Topliss-reactive ketones (excluding diaryl/α,β-unsaturated/α-hetero) is 1. The summed E-state index contributed by atoms with van der Waals surface area (Å²) in [4.78, 5) is 35.2. The molecule has 1 atom stereocenters. The summed E-state index contributed by atoms with van der Waals surface area (Å²) < 4.78 is 10.4. The topological polar surface area (TPSA) is 89.9 Å². The lowest BCUT2D eigenvalue weighted by molar-refractivity contribution is -0.168. The van der Waals surface area contributed by atoms with Crippen molar-refractivity contribution in [3.05, 3.63) is 30.3 Å². The largest absolute Gasteiger partial charge is 0.494 e. The number of carboxylic acids is 1. The highest BCUT2D eigenvalue weighted by molar-refractivity contribution is 6.39. The Morgan fingerprint density at radius 3 is 2.27 bits per heavy atom. The first-order valence-corrected chi connectivity index (χ1v) is 7.10. The first-order valence-electron chi connectivity index (χ1n) is 7.10. The van der Waals surface area contributed by atoms with Crippen LogP contribution in [0.4, 0.5) is 0 Å². The van der Waals surface area contributed by atoms with E-state index in [0.29, 0.717) is 5.75 Å². The van der Waals surface area contributed by atoms with Crippen LogP contribution in [-0.4, -0.2) is 36.0 Å². The summed E-state index contributed by atoms with van der Waals surface area (Å²) in [5.74, 6) is -3.04. The molecule has 1 aromatic carbocycles. The molecule has 0 saturated carbocycles. The minimum atomic E-state index is -1.71. The summed E-state index contributed by atoms with van der Waals surface area (Å²) in [5.41, 5.74) is -1.71. The average Bonchev–Trinajstić information content (AvgIpc) is 2.52. The van der Waals surface area contributed by atoms with Crippen molar-refractivity contribution in [1.82, 2.24) is 0 Å². The van der Waals surface area contributed by atoms with Gasteiger partial charge in [0.15, 0.2) is 0 Å². The Kier molecular flexibility index (Phi) is 6.56. The number of esters is 1. The molecule has 1 aromatic rings. The van der Waals surface area contributed by atoms with E-state index in [9.17, 15) is 14.4 Å². The number of rotatable bonds is 9. The van der Waals surface area contributed by atoms with Crippen molar-refractivity contribution in [1.29, 1.82) is 0 Å². The van der Waals surface area contributed by atoms with Gasteiger partial charge in [-0.2, -0.15) is 0 Å². The van der Waals surface area contributed by atoms with E-state index in [0.717, 1.165) is 0 Å². The second-order valence-corrected chi connectivity index (χ2v) is 4.70. The van der Waals surface area contributed by atoms with Gasteiger partial charge in [-0.25, -0.2) is 4.79 Å². The lowest BCUT2D eigenvalue weighted by atomic mass is 9.77. The van der Waals surface area contributed by atoms with Crippen LogP contribution in [0.3, 0.4) is 0 Å². The molecule has 0 radical (unpaired) electrons. The van der Waals surface area contributed by atoms with E-state index < -0.39 is 23.1 Å². The number of ketones is 1. The Morgan fingerprint density at radius 1 is 1.14 bits per heavy atom. The van der Waals surface area contributed by atoms with Crippen molar-refractivity contribution in [3.63, 3.8) is 0 Å². The monoisotopic (exact) mass is 308 g/mol. The van der Waals surface area contributed by atoms with Crippen LogP contribution in [0.2, 0.25) is 0 Å². The quantitative estimate of drug-likeness (QED) is 0.427. The summed E-state index contributed by atoms with van der Waals surface area (Å²) in [6, 6.07) is 8.87. The Morgan fingerprint density at radius 2 is 1.77 bits per heavy atom. The van der Waals surface area contributed by atoms with Gasteiger partial charge in [0, 0.05) is 6.42 Å². The Balaban J connectivity index is 2.87. The molecule has 0 aromatic heterocycles. The van der Waals surface area contributed by atoms with E-state index in [1.54, 1.807) is 38.1 Å². The van der Waals surface area contributed by atoms with Crippen molar-refractivity contribution in [2.45, 2.75) is 26.7 Å². The second kappa shape index (κ2) is 8.17. The zero-order valence-electron chi connectivity index (χ0n) is 12.7. The first kappa shape index (κ1) is 17.7. The minimum Gasteiger partial charge on any atom is -0.494 e. The third-order valence-electron chi connectivity index (χ3n) is 3.44. The van der Waals surface area contributed by atoms with Crippen LogP contribution in [0, 0.1) is 5.41 Å². The third-order valence-corrected chi connectivity index (χ3v) is 3.44. The fraction of sp³-hybridized carbons (Fsp3) is 0.438. The zero-order valence-corrected chi connectivity index (χ0v) is 12.7. The molecular formula is C16H20O6. The highest BCUT2D eigenvalue weighted by Crippen LogP contribution is 2.30. The van der Waals surface area contributed by atoms with Crippen molar-refractivity contribution in [2.75, 3.05) is 13.2 Å². The van der Waals surface area contributed by atoms with Gasteiger partial charge in [0.2, 0.25) is 0 Å². The maximum Gasteiger partial charge on any atom is 0.373 e. The summed E-state index contributed by atoms with van der Waals surface area (Å²) in [6.45, 7) is 3.30. The second-order valence-electron chi connectivity index (χ2n) is 4.70. The number of carboxylic acid groups (broad SMARTS) is 1. The molecular weight excluding hydrogens is 288 g/mol. The fourth-order valence-corrected chi connectivity index (χ4v) is 2.12. The lowest BCUT2D eigenvalue weighted by Crippen LogP contribution is -2.45. The van der Waals surface area contributed by atoms with E-state index in [4.69, 9.17) is 14.6 Å². The molecule has 0 saturated heterocycles. The van der Waals surface area contributed by atoms with Crippen LogP contribution >= 0.6 is 0 Å². The highest BCUT2D eigenvalue weighted by Gasteiger charge is 2.48. The van der Waals surface area contributed by atoms with Crippen LogP contribution in [0.15, 0.2) is 30.3 Å². The standard InChI is InChI=1S/C16H20O6/c1-3-16(13(17)14(18)19,15(20)21-4-2)10-11-22-12-8-6-5-7-9-12/h5-9H,3-4,10-11H2,1-2H3,(H,18,19). The summed E-state index contributed by atoms with van der Waals surface area (Å²) >= 11 is 0. The molecule has 0 aliphatic carbocycles. The van der Waals surface area contributed by atoms with Crippen molar-refractivity contribution < 1.29 is 29.0 Å². The van der Waals surface area contributed by atoms with Gasteiger partial charge in [-0.15, -0.1) is 0 Å². The number of hydrogen-bond donors (Lipinski definition) is 1. The molecule has 0 aliphatic heterocycles. The summed E-state index contributed by atoms with van der Waals surface area (Å²) in [5, 5.41) is 8.98. The van der Waals surface area contributed by atoms with Gasteiger partial charge in [0.25, 0.3) is 5.78 Å². The van der Waals surface area contributed by atoms with Gasteiger partial charge in [-0.1, -0.05) is 25.1 Å². The van der Waals surface area contributed by atoms with E-state index >= 15 is 0 Å². The van der Waals surface area contributed by atoms with E-state index in [1.807, 2.05) is 6.07 Å². The lowest BCUT2D eigenvalue weighted by Gasteiger charge is -2.27. The number of para-hydroxylation sites is 1. The molecule has 6 nitrogen and oxygen atoms in total. The van der Waals surface area contributed by atoms with Crippen LogP contribution in [0.25, 0.3) is 0 Å². The van der Waals surface area contributed by atoms with Gasteiger partial charge in [-0.05, 0) is 25.5 Å². The van der Waals surface area contributed by atoms with E-state index in [2.05, 4.69) is 0 Å². The molecule has 1 N–H and O–H groups in total. The number of benzene rings is 1. The normalized spacial score (nSPS) is 13.0. The van der Waals surface area contributed by atoms with E-state index in [-0.39, 0.29) is 26.1 Å². The molecule has 0 aliphatic rings. The summed E-state index contributed by atoms with van der Waals surface area (Å²) in [7, 11) is 0. The first-order chi connectivity index (χ1) is 10.5. The Labute approximate surface area is 129 Å². The molecule has 0 fully saturated rings. The third kappa shape index (κ3) is 4.07. The number of carbonyl (C=O) groups excluding carboxylic acids is 2. The average molecular weight is 308 g/mol. The van der Waals surface area contributed by atoms with Crippen LogP contribution in [-0.2, 0) is 19.1 Å². The van der Waals surface area contributed by atoms with Crippen molar-refractivity contribution in [2.24, 2.45) is 5.41 Å². The fourth-order valence-electron chi connectivity index (χ4n) is 2.12. The molecule has 6 heteroatoms. The molecule has 120 valence electrons. The molecule has 0 spiro atoms. The molecule has 0 heterocycles. The van der Waals surface area contributed by atoms with Gasteiger partial charge in [0.05, 0.1) is 13.2 Å². The molecule has 1 rings (SSSR count). The Bertz CT molecular complexity index is 525. The number of aliphatic carboxylic acids is 1. The zero-order chi connectivity index (χ0) is 16.6. The van der Waals surface area contributed by atoms with Gasteiger partial charge in [-0.3, -0.25) is 9.59 Å². The van der Waals surface area contributed by atoms with Gasteiger partial charge < -0.3 is 14.6 Å². The van der Waals surface area contributed by atoms with Gasteiger partial charge in [0.1, 0.15) is 11.2 Å². The van der Waals surface area contributed by atoms with Gasteiger partial charge >= 0.3 is 11.9 Å². The Hall–Kier alpha value is -2.37. The predicted octanol–water partition coefficient (Wildman–Crippen LogP) is 2.07. The highest BCUT2D eigenvalue weighted by atomic mass is 16.5. The molecule has 0 amide bonds. The smallest absolute Gasteiger partial charge is 0.373 e. The maximum absolute atomic E-state index is 12.1.